The number of piperidine rings is 1. The van der Waals surface area contributed by atoms with Crippen molar-refractivity contribution in [2.75, 3.05) is 27.9 Å². The van der Waals surface area contributed by atoms with E-state index in [0.717, 1.165) is 12.0 Å². The van der Waals surface area contributed by atoms with Crippen molar-refractivity contribution in [2.24, 2.45) is 35.5 Å². The summed E-state index contributed by atoms with van der Waals surface area (Å²) in [5.74, 6) is -7.93. The lowest BCUT2D eigenvalue weighted by atomic mass is 9.78. The minimum Gasteiger partial charge on any atom is -0.460 e. The van der Waals surface area contributed by atoms with Crippen molar-refractivity contribution in [3.8, 4) is 0 Å². The second-order valence-corrected chi connectivity index (χ2v) is 19.6. The van der Waals surface area contributed by atoms with Crippen LogP contribution in [0.25, 0.3) is 0 Å². The topological polar surface area (TPSA) is 195 Å². The van der Waals surface area contributed by atoms with Crippen LogP contribution in [-0.4, -0.2) is 132 Å². The Kier molecular flexibility index (Phi) is 21.0. The molecule has 3 fully saturated rings. The SMILES string of the molecule is CO[C@H]1CC2CC[C@@H](C)[C@@](O)(O2)C(=O)C(=O)N2CCCCC2C(=O)OC([C@H](C)CC2CC[C@@H](O)[C@H](OC)C2)CC(=O)C(C)=CC(C)[C@@H](O)[C@@H](OC)C(=O)[C@H](C)C[C@H](C)C=CC=CC=C1C. The molecule has 2 bridgehead atoms. The van der Waals surface area contributed by atoms with E-state index in [-0.39, 0.29) is 54.8 Å². The van der Waals surface area contributed by atoms with Crippen molar-refractivity contribution >= 4 is 29.2 Å². The van der Waals surface area contributed by atoms with Crippen LogP contribution in [0.15, 0.2) is 47.6 Å². The first-order valence-electron chi connectivity index (χ1n) is 23.9. The third-order valence-electron chi connectivity index (χ3n) is 14.5. The van der Waals surface area contributed by atoms with Crippen LogP contribution in [0.5, 0.6) is 0 Å². The van der Waals surface area contributed by atoms with E-state index in [4.69, 9.17) is 23.7 Å². The molecule has 15 atom stereocenters. The number of aliphatic hydroxyl groups excluding tert-OH is 2. The fourth-order valence-electron chi connectivity index (χ4n) is 10.1. The molecule has 0 radical (unpaired) electrons. The van der Waals surface area contributed by atoms with Crippen LogP contribution in [-0.2, 0) is 47.7 Å². The Bertz CT molecular complexity index is 1760. The van der Waals surface area contributed by atoms with Crippen LogP contribution in [0.1, 0.15) is 126 Å². The molecule has 4 rings (SSSR count). The van der Waals surface area contributed by atoms with Crippen LogP contribution in [0, 0.1) is 35.5 Å². The lowest BCUT2D eigenvalue weighted by Crippen LogP contribution is -2.61. The van der Waals surface area contributed by atoms with Gasteiger partial charge < -0.3 is 43.9 Å². The smallest absolute Gasteiger partial charge is 0.329 e. The highest BCUT2D eigenvalue weighted by Crippen LogP contribution is 2.38. The average Bonchev–Trinajstić information content (AvgIpc) is 3.28. The van der Waals surface area contributed by atoms with E-state index in [1.807, 2.05) is 58.1 Å². The minimum atomic E-state index is -2.43. The molecule has 366 valence electrons. The van der Waals surface area contributed by atoms with Gasteiger partial charge in [0.2, 0.25) is 5.79 Å². The minimum absolute atomic E-state index is 0.0220. The fourth-order valence-corrected chi connectivity index (χ4v) is 10.1. The number of allylic oxidation sites excluding steroid dienone is 6. The molecule has 5 unspecified atom stereocenters. The summed E-state index contributed by atoms with van der Waals surface area (Å²) in [4.78, 5) is 71.7. The number of esters is 1. The summed E-state index contributed by atoms with van der Waals surface area (Å²) in [5, 5.41) is 33.9. The largest absolute Gasteiger partial charge is 0.460 e. The summed E-state index contributed by atoms with van der Waals surface area (Å²) < 4.78 is 29.4. The van der Waals surface area contributed by atoms with Gasteiger partial charge in [-0.3, -0.25) is 19.2 Å². The van der Waals surface area contributed by atoms with E-state index in [9.17, 15) is 39.3 Å². The first kappa shape index (κ1) is 54.2. The Balaban J connectivity index is 1.70. The summed E-state index contributed by atoms with van der Waals surface area (Å²) in [6.07, 6.45) is 11.2. The van der Waals surface area contributed by atoms with E-state index in [0.29, 0.717) is 63.4 Å². The van der Waals surface area contributed by atoms with Gasteiger partial charge in [0.05, 0.1) is 30.5 Å². The predicted molar refractivity (Wildman–Crippen MR) is 245 cm³/mol. The molecule has 3 aliphatic heterocycles. The standard InChI is InChI=1S/C51H79NO13/c1-30-16-12-11-13-17-31(2)42(61-8)28-38-21-19-36(7)51(60,65-38)48(57)49(58)52-23-15-14-18-39(52)50(59)64-43(33(4)26-37-20-22-40(53)44(27-37)62-9)29-41(54)32(3)25-35(6)46(56)47(63-10)45(55)34(5)24-30/h11-13,16-17,25,30,33-40,42-44,46-47,53,56,60H,14-15,18-24,26-29H2,1-10H3/t30-,33-,34-,35?,36-,37?,38?,39?,40-,42+,43?,44-,46-,47+,51-/m1/s1. The molecule has 3 heterocycles. The Labute approximate surface area is 387 Å². The van der Waals surface area contributed by atoms with Crippen LogP contribution >= 0.6 is 0 Å². The lowest BCUT2D eigenvalue weighted by Gasteiger charge is -2.42. The van der Waals surface area contributed by atoms with Crippen LogP contribution in [0.2, 0.25) is 0 Å². The van der Waals surface area contributed by atoms with Gasteiger partial charge >= 0.3 is 5.97 Å². The second-order valence-electron chi connectivity index (χ2n) is 19.6. The number of ketones is 3. The normalized spacial score (nSPS) is 37.8. The van der Waals surface area contributed by atoms with E-state index in [2.05, 4.69) is 0 Å². The second kappa shape index (κ2) is 25.1. The van der Waals surface area contributed by atoms with Crippen molar-refractivity contribution in [1.29, 1.82) is 0 Å². The van der Waals surface area contributed by atoms with Gasteiger partial charge in [-0.25, -0.2) is 4.79 Å². The molecule has 0 aromatic heterocycles. The number of nitrogens with zero attached hydrogens (tertiary/aromatic N) is 1. The molecular formula is C51H79NO13. The molecule has 14 heteroatoms. The number of fused-ring (bicyclic) bond motifs is 3. The molecule has 0 spiro atoms. The number of Topliss-reactive ketones (excluding diaryl/α,β-unsaturated/α-hetero) is 3. The van der Waals surface area contributed by atoms with E-state index < -0.39 is 83.9 Å². The Morgan fingerprint density at radius 1 is 0.862 bits per heavy atom. The monoisotopic (exact) mass is 914 g/mol. The number of hydrogen-bond acceptors (Lipinski definition) is 13. The number of rotatable bonds is 6. The number of ether oxygens (including phenoxy) is 5. The zero-order valence-corrected chi connectivity index (χ0v) is 40.6. The van der Waals surface area contributed by atoms with Gasteiger partial charge in [0.1, 0.15) is 18.2 Å². The molecule has 4 aliphatic rings. The van der Waals surface area contributed by atoms with E-state index in [1.165, 1.54) is 12.0 Å². The Morgan fingerprint density at radius 2 is 1.58 bits per heavy atom. The Hall–Kier alpha value is -3.37. The maximum Gasteiger partial charge on any atom is 0.329 e. The van der Waals surface area contributed by atoms with Crippen molar-refractivity contribution in [3.63, 3.8) is 0 Å². The highest BCUT2D eigenvalue weighted by atomic mass is 16.6. The zero-order chi connectivity index (χ0) is 48.2. The highest BCUT2D eigenvalue weighted by molar-refractivity contribution is 6.39. The van der Waals surface area contributed by atoms with Crippen molar-refractivity contribution < 1.29 is 63.0 Å². The molecular weight excluding hydrogens is 835 g/mol. The number of methoxy groups -OCH3 is 3. The number of hydrogen-bond donors (Lipinski definition) is 3. The molecule has 1 amide bonds. The van der Waals surface area contributed by atoms with Crippen LogP contribution in [0.3, 0.4) is 0 Å². The number of carbonyl (C=O) groups is 5. The van der Waals surface area contributed by atoms with Gasteiger partial charge in [0.15, 0.2) is 11.6 Å². The summed E-state index contributed by atoms with van der Waals surface area (Å²) in [6.45, 7) is 12.7. The van der Waals surface area contributed by atoms with Gasteiger partial charge in [-0.15, -0.1) is 0 Å². The van der Waals surface area contributed by atoms with Gasteiger partial charge in [-0.1, -0.05) is 71.1 Å². The zero-order valence-electron chi connectivity index (χ0n) is 40.6. The fraction of sp³-hybridized carbons (Fsp3) is 0.745. The number of cyclic esters (lactones) is 1. The van der Waals surface area contributed by atoms with Crippen molar-refractivity contribution in [1.82, 2.24) is 4.90 Å². The average molecular weight is 914 g/mol. The lowest BCUT2D eigenvalue weighted by molar-refractivity contribution is -0.265. The molecule has 1 saturated carbocycles. The maximum atomic E-state index is 14.4. The van der Waals surface area contributed by atoms with Gasteiger partial charge in [-0.2, -0.15) is 0 Å². The number of carbonyl (C=O) groups excluding carboxylic acids is 5. The third-order valence-corrected chi connectivity index (χ3v) is 14.5. The molecule has 65 heavy (non-hydrogen) atoms. The number of aliphatic hydroxyl groups is 3. The highest BCUT2D eigenvalue weighted by Gasteiger charge is 2.53. The van der Waals surface area contributed by atoms with Gasteiger partial charge in [0.25, 0.3) is 11.7 Å². The quantitative estimate of drug-likeness (QED) is 0.202. The molecule has 1 aliphatic carbocycles. The van der Waals surface area contributed by atoms with Gasteiger partial charge in [-0.05, 0) is 107 Å². The summed E-state index contributed by atoms with van der Waals surface area (Å²) in [7, 11) is 4.53. The van der Waals surface area contributed by atoms with Crippen LogP contribution in [0.4, 0.5) is 0 Å². The van der Waals surface area contributed by atoms with E-state index in [1.54, 1.807) is 41.1 Å². The predicted octanol–water partition coefficient (Wildman–Crippen LogP) is 6.18. The summed E-state index contributed by atoms with van der Waals surface area (Å²) in [6, 6.07) is -1.14. The van der Waals surface area contributed by atoms with Crippen molar-refractivity contribution in [3.05, 3.63) is 47.6 Å². The van der Waals surface area contributed by atoms with Crippen LogP contribution < -0.4 is 0 Å². The number of amides is 1. The third kappa shape index (κ3) is 14.3. The first-order chi connectivity index (χ1) is 30.7. The Morgan fingerprint density at radius 3 is 2.26 bits per heavy atom. The maximum absolute atomic E-state index is 14.4. The molecule has 0 aromatic rings. The molecule has 14 nitrogen and oxygen atoms in total. The first-order valence-corrected chi connectivity index (χ1v) is 23.9. The summed E-state index contributed by atoms with van der Waals surface area (Å²) >= 11 is 0. The molecule has 2 saturated heterocycles. The summed E-state index contributed by atoms with van der Waals surface area (Å²) in [5.41, 5.74) is 1.19. The van der Waals surface area contributed by atoms with Gasteiger partial charge in [0, 0.05) is 58.5 Å². The molecule has 3 N–H and O–H groups in total. The molecule has 0 aromatic carbocycles. The van der Waals surface area contributed by atoms with E-state index >= 15 is 0 Å². The van der Waals surface area contributed by atoms with Crippen molar-refractivity contribution in [2.45, 2.75) is 180 Å².